The molecule has 0 spiro atoms. The Labute approximate surface area is 157 Å². The van der Waals surface area contributed by atoms with Crippen LogP contribution in [-0.2, 0) is 13.6 Å². The number of aryl methyl sites for hydroxylation is 3. The van der Waals surface area contributed by atoms with E-state index in [2.05, 4.69) is 60.7 Å². The Bertz CT molecular complexity index is 1100. The van der Waals surface area contributed by atoms with Gasteiger partial charge in [-0.25, -0.2) is 9.36 Å². The second kappa shape index (κ2) is 6.09. The van der Waals surface area contributed by atoms with Crippen LogP contribution in [0.25, 0.3) is 21.9 Å². The lowest BCUT2D eigenvalue weighted by molar-refractivity contribution is -0.649. The molecule has 0 saturated carbocycles. The van der Waals surface area contributed by atoms with Crippen molar-refractivity contribution >= 4 is 38.9 Å². The molecule has 0 N–H and O–H groups in total. The van der Waals surface area contributed by atoms with Crippen LogP contribution in [0.15, 0.2) is 29.1 Å². The highest BCUT2D eigenvalue weighted by Crippen LogP contribution is 2.30. The van der Waals surface area contributed by atoms with Gasteiger partial charge in [0.1, 0.15) is 5.39 Å². The standard InChI is InChI=1S/C21H24N3OS/c1-13-14(2)26-21-18(13)20(25)24-11-10-16(19(24)23(21)5)12-15-6-8-17(9-7-15)22(3)4/h6-9,12H,10-11H2,1-5H3/q+1. The largest absolute Gasteiger partial charge is 0.378 e. The molecule has 0 aliphatic carbocycles. The molecule has 0 bridgehead atoms. The van der Waals surface area contributed by atoms with E-state index in [9.17, 15) is 4.79 Å². The van der Waals surface area contributed by atoms with Crippen molar-refractivity contribution in [2.45, 2.75) is 26.8 Å². The lowest BCUT2D eigenvalue weighted by atomic mass is 10.1. The van der Waals surface area contributed by atoms with Crippen molar-refractivity contribution in [3.8, 4) is 0 Å². The van der Waals surface area contributed by atoms with Gasteiger partial charge in [0.15, 0.2) is 4.83 Å². The van der Waals surface area contributed by atoms with E-state index in [1.54, 1.807) is 11.3 Å². The van der Waals surface area contributed by atoms with E-state index < -0.39 is 0 Å². The molecule has 4 rings (SSSR count). The molecule has 0 radical (unpaired) electrons. The summed E-state index contributed by atoms with van der Waals surface area (Å²) in [6.07, 6.45) is 3.12. The van der Waals surface area contributed by atoms with Gasteiger partial charge >= 0.3 is 5.56 Å². The third kappa shape index (κ3) is 2.50. The van der Waals surface area contributed by atoms with E-state index in [0.717, 1.165) is 34.6 Å². The van der Waals surface area contributed by atoms with E-state index in [0.29, 0.717) is 0 Å². The highest BCUT2D eigenvalue weighted by Gasteiger charge is 2.32. The molecule has 0 unspecified atom stereocenters. The Hall–Kier alpha value is -2.40. The Balaban J connectivity index is 1.87. The van der Waals surface area contributed by atoms with Crippen LogP contribution < -0.4 is 15.0 Å². The average Bonchev–Trinajstić information content (AvgIpc) is 3.16. The number of benzene rings is 1. The lowest BCUT2D eigenvalue weighted by Crippen LogP contribution is -2.40. The van der Waals surface area contributed by atoms with Crippen LogP contribution >= 0.6 is 11.3 Å². The fraction of sp³-hybridized carbons (Fsp3) is 0.333. The molecule has 3 heterocycles. The summed E-state index contributed by atoms with van der Waals surface area (Å²) in [5.41, 5.74) is 4.86. The fourth-order valence-corrected chi connectivity index (χ4v) is 4.86. The predicted molar refractivity (Wildman–Crippen MR) is 110 cm³/mol. The predicted octanol–water partition coefficient (Wildman–Crippen LogP) is 3.51. The number of hydrogen-bond donors (Lipinski definition) is 0. The highest BCUT2D eigenvalue weighted by molar-refractivity contribution is 7.18. The van der Waals surface area contributed by atoms with Crippen molar-refractivity contribution in [2.75, 3.05) is 19.0 Å². The first-order valence-corrected chi connectivity index (χ1v) is 9.71. The summed E-state index contributed by atoms with van der Waals surface area (Å²) in [5.74, 6) is 1.04. The van der Waals surface area contributed by atoms with Gasteiger partial charge in [-0.3, -0.25) is 0 Å². The molecular weight excluding hydrogens is 342 g/mol. The minimum atomic E-state index is 0.154. The molecule has 3 aromatic rings. The first-order chi connectivity index (χ1) is 12.4. The third-order valence-electron chi connectivity index (χ3n) is 5.35. The number of nitrogens with zero attached hydrogens (tertiary/aromatic N) is 3. The van der Waals surface area contributed by atoms with Gasteiger partial charge < -0.3 is 4.90 Å². The van der Waals surface area contributed by atoms with Gasteiger partial charge in [-0.05, 0) is 43.2 Å². The van der Waals surface area contributed by atoms with Crippen LogP contribution in [0.2, 0.25) is 0 Å². The van der Waals surface area contributed by atoms with Crippen molar-refractivity contribution in [1.29, 1.82) is 0 Å². The molecule has 4 nitrogen and oxygen atoms in total. The van der Waals surface area contributed by atoms with Crippen LogP contribution in [-0.4, -0.2) is 18.7 Å². The third-order valence-corrected chi connectivity index (χ3v) is 6.63. The molecule has 1 aliphatic rings. The Morgan fingerprint density at radius 2 is 1.88 bits per heavy atom. The Morgan fingerprint density at radius 3 is 2.54 bits per heavy atom. The lowest BCUT2D eigenvalue weighted by Gasteiger charge is -2.12. The zero-order chi connectivity index (χ0) is 18.6. The van der Waals surface area contributed by atoms with Gasteiger partial charge in [-0.15, -0.1) is 0 Å². The summed E-state index contributed by atoms with van der Waals surface area (Å²) in [6.45, 7) is 4.91. The van der Waals surface area contributed by atoms with Gasteiger partial charge in [0, 0.05) is 36.7 Å². The Morgan fingerprint density at radius 1 is 1.19 bits per heavy atom. The summed E-state index contributed by atoms with van der Waals surface area (Å²) in [5, 5.41) is 0.885. The summed E-state index contributed by atoms with van der Waals surface area (Å²) in [6, 6.07) is 8.54. The van der Waals surface area contributed by atoms with Crippen LogP contribution in [0.4, 0.5) is 5.69 Å². The van der Waals surface area contributed by atoms with Gasteiger partial charge in [-0.2, -0.15) is 4.57 Å². The van der Waals surface area contributed by atoms with Crippen LogP contribution in [0.5, 0.6) is 0 Å². The number of anilines is 1. The topological polar surface area (TPSA) is 29.1 Å². The minimum Gasteiger partial charge on any atom is -0.378 e. The molecule has 0 amide bonds. The van der Waals surface area contributed by atoms with E-state index in [-0.39, 0.29) is 5.56 Å². The Kier molecular flexibility index (Phi) is 3.99. The van der Waals surface area contributed by atoms with Crippen LogP contribution in [0, 0.1) is 13.8 Å². The highest BCUT2D eigenvalue weighted by atomic mass is 32.1. The van der Waals surface area contributed by atoms with E-state index in [4.69, 9.17) is 0 Å². The maximum Gasteiger partial charge on any atom is 0.346 e. The summed E-state index contributed by atoms with van der Waals surface area (Å²) in [7, 11) is 6.17. The number of rotatable bonds is 2. The molecule has 134 valence electrons. The van der Waals surface area contributed by atoms with Crippen molar-refractivity contribution in [2.24, 2.45) is 7.05 Å². The zero-order valence-electron chi connectivity index (χ0n) is 16.0. The quantitative estimate of drug-likeness (QED) is 0.650. The number of fused-ring (bicyclic) bond motifs is 2. The molecule has 1 aliphatic heterocycles. The molecule has 0 fully saturated rings. The SMILES string of the molecule is Cc1sc2c(c1C)c(=O)n1c([n+]2C)/C(=C/c2ccc(N(C)C)cc2)CC1. The van der Waals surface area contributed by atoms with Gasteiger partial charge in [0.25, 0.3) is 5.82 Å². The normalized spacial score (nSPS) is 15.0. The first-order valence-electron chi connectivity index (χ1n) is 8.89. The molecule has 1 aromatic carbocycles. The summed E-state index contributed by atoms with van der Waals surface area (Å²) >= 11 is 1.72. The van der Waals surface area contributed by atoms with Gasteiger partial charge in [0.05, 0.1) is 13.6 Å². The van der Waals surface area contributed by atoms with Crippen LogP contribution in [0.1, 0.15) is 28.2 Å². The number of hydrogen-bond acceptors (Lipinski definition) is 3. The van der Waals surface area contributed by atoms with E-state index in [1.165, 1.54) is 21.7 Å². The first kappa shape index (κ1) is 17.0. The minimum absolute atomic E-state index is 0.154. The average molecular weight is 367 g/mol. The molecule has 5 heteroatoms. The molecule has 0 saturated heterocycles. The fourth-order valence-electron chi connectivity index (χ4n) is 3.75. The van der Waals surface area contributed by atoms with Crippen molar-refractivity contribution < 1.29 is 4.57 Å². The van der Waals surface area contributed by atoms with Gasteiger partial charge in [-0.1, -0.05) is 23.5 Å². The second-order valence-corrected chi connectivity index (χ2v) is 8.41. The summed E-state index contributed by atoms with van der Waals surface area (Å²) < 4.78 is 4.15. The van der Waals surface area contributed by atoms with E-state index >= 15 is 0 Å². The zero-order valence-corrected chi connectivity index (χ0v) is 16.8. The maximum atomic E-state index is 13.0. The number of aromatic nitrogens is 2. The second-order valence-electron chi connectivity index (χ2n) is 7.21. The maximum absolute atomic E-state index is 13.0. The molecular formula is C21H24N3OS+. The molecule has 0 atom stereocenters. The van der Waals surface area contributed by atoms with Crippen molar-refractivity contribution in [3.05, 3.63) is 56.4 Å². The van der Waals surface area contributed by atoms with Gasteiger partial charge in [0.2, 0.25) is 0 Å². The number of allylic oxidation sites excluding steroid dienone is 1. The monoisotopic (exact) mass is 366 g/mol. The van der Waals surface area contributed by atoms with E-state index in [1.807, 2.05) is 18.7 Å². The van der Waals surface area contributed by atoms with Crippen LogP contribution in [0.3, 0.4) is 0 Å². The molecule has 26 heavy (non-hydrogen) atoms. The van der Waals surface area contributed by atoms with Crippen molar-refractivity contribution in [3.63, 3.8) is 0 Å². The summed E-state index contributed by atoms with van der Waals surface area (Å²) in [4.78, 5) is 17.4. The van der Waals surface area contributed by atoms with Crippen molar-refractivity contribution in [1.82, 2.24) is 4.57 Å². The molecule has 2 aromatic heterocycles. The number of thiophene rings is 1. The smallest absolute Gasteiger partial charge is 0.346 e.